The highest BCUT2D eigenvalue weighted by Crippen LogP contribution is 2.25. The van der Waals surface area contributed by atoms with Crippen molar-refractivity contribution >= 4 is 0 Å². The summed E-state index contributed by atoms with van der Waals surface area (Å²) < 4.78 is 16.0. The Balaban J connectivity index is 1.41. The second-order valence-corrected chi connectivity index (χ2v) is 6.03. The smallest absolute Gasteiger partial charge is 0.231 e. The summed E-state index contributed by atoms with van der Waals surface area (Å²) in [5.74, 6) is 2.39. The van der Waals surface area contributed by atoms with E-state index in [4.69, 9.17) is 13.7 Å². The van der Waals surface area contributed by atoms with Crippen molar-refractivity contribution < 1.29 is 18.8 Å². The fourth-order valence-corrected chi connectivity index (χ4v) is 2.94. The van der Waals surface area contributed by atoms with Crippen molar-refractivity contribution in [3.05, 3.63) is 35.9 Å². The Morgan fingerprint density at radius 2 is 2.43 bits per heavy atom. The van der Waals surface area contributed by atoms with Gasteiger partial charge in [0.1, 0.15) is 12.4 Å². The molecule has 2 aromatic heterocycles. The quantitative estimate of drug-likeness (QED) is 0.831. The van der Waals surface area contributed by atoms with Crippen LogP contribution >= 0.6 is 0 Å². The third-order valence-electron chi connectivity index (χ3n) is 4.00. The molecule has 3 rings (SSSR count). The summed E-state index contributed by atoms with van der Waals surface area (Å²) in [4.78, 5) is 6.55. The molecule has 1 fully saturated rings. The second-order valence-electron chi connectivity index (χ2n) is 6.03. The van der Waals surface area contributed by atoms with Gasteiger partial charge in [-0.1, -0.05) is 5.16 Å². The molecule has 0 aliphatic carbocycles. The van der Waals surface area contributed by atoms with Gasteiger partial charge in [0.25, 0.3) is 0 Å². The molecule has 0 spiro atoms. The summed E-state index contributed by atoms with van der Waals surface area (Å²) in [7, 11) is 0. The average Bonchev–Trinajstić information content (AvgIpc) is 3.19. The van der Waals surface area contributed by atoms with Gasteiger partial charge in [-0.15, -0.1) is 0 Å². The molecule has 0 bridgehead atoms. The number of furan rings is 1. The van der Waals surface area contributed by atoms with E-state index in [2.05, 4.69) is 15.0 Å². The molecular formula is C16H23N3O4. The van der Waals surface area contributed by atoms with Gasteiger partial charge in [-0.05, 0) is 38.4 Å². The highest BCUT2D eigenvalue weighted by atomic mass is 16.5. The van der Waals surface area contributed by atoms with E-state index in [-0.39, 0.29) is 5.92 Å². The van der Waals surface area contributed by atoms with Crippen LogP contribution in [-0.4, -0.2) is 52.5 Å². The summed E-state index contributed by atoms with van der Waals surface area (Å²) in [6.45, 7) is 4.89. The van der Waals surface area contributed by atoms with Crippen molar-refractivity contribution in [1.29, 1.82) is 0 Å². The lowest BCUT2D eigenvalue weighted by Gasteiger charge is -2.32. The van der Waals surface area contributed by atoms with Gasteiger partial charge in [-0.2, -0.15) is 4.98 Å². The Kier molecular flexibility index (Phi) is 5.43. The van der Waals surface area contributed by atoms with Crippen LogP contribution in [0.25, 0.3) is 0 Å². The maximum absolute atomic E-state index is 10.1. The van der Waals surface area contributed by atoms with Gasteiger partial charge in [0.05, 0.1) is 24.9 Å². The zero-order valence-electron chi connectivity index (χ0n) is 13.4. The number of rotatable bonds is 7. The van der Waals surface area contributed by atoms with Gasteiger partial charge in [0.2, 0.25) is 5.89 Å². The van der Waals surface area contributed by atoms with Crippen molar-refractivity contribution in [2.24, 2.45) is 0 Å². The number of ether oxygens (including phenoxy) is 1. The second kappa shape index (κ2) is 7.72. The van der Waals surface area contributed by atoms with Crippen molar-refractivity contribution in [2.75, 3.05) is 26.2 Å². The molecule has 0 aromatic carbocycles. The van der Waals surface area contributed by atoms with Gasteiger partial charge < -0.3 is 18.8 Å². The Morgan fingerprint density at radius 3 is 3.17 bits per heavy atom. The molecule has 7 nitrogen and oxygen atoms in total. The third kappa shape index (κ3) is 4.63. The summed E-state index contributed by atoms with van der Waals surface area (Å²) in [6.07, 6.45) is 3.20. The van der Waals surface area contributed by atoms with Crippen LogP contribution < -0.4 is 0 Å². The zero-order chi connectivity index (χ0) is 16.1. The molecule has 23 heavy (non-hydrogen) atoms. The SMILES string of the molecule is Cc1noc(C2CCCN(CC(O)COCc3ccco3)C2)n1. The molecule has 1 aliphatic rings. The van der Waals surface area contributed by atoms with E-state index >= 15 is 0 Å². The number of hydrogen-bond donors (Lipinski definition) is 1. The number of aliphatic hydroxyl groups excluding tert-OH is 1. The molecule has 1 aliphatic heterocycles. The lowest BCUT2D eigenvalue weighted by atomic mass is 9.98. The molecule has 0 radical (unpaired) electrons. The Hall–Kier alpha value is -1.70. The molecule has 0 amide bonds. The molecule has 0 saturated carbocycles. The van der Waals surface area contributed by atoms with Gasteiger partial charge >= 0.3 is 0 Å². The minimum atomic E-state index is -0.520. The molecular weight excluding hydrogens is 298 g/mol. The van der Waals surface area contributed by atoms with Crippen LogP contribution in [0.3, 0.4) is 0 Å². The molecule has 3 heterocycles. The van der Waals surface area contributed by atoms with E-state index in [0.717, 1.165) is 31.7 Å². The van der Waals surface area contributed by atoms with Crippen molar-refractivity contribution in [3.63, 3.8) is 0 Å². The monoisotopic (exact) mass is 321 g/mol. The number of aryl methyl sites for hydroxylation is 1. The van der Waals surface area contributed by atoms with Crippen LogP contribution in [0.15, 0.2) is 27.3 Å². The van der Waals surface area contributed by atoms with Gasteiger partial charge in [-0.3, -0.25) is 4.90 Å². The van der Waals surface area contributed by atoms with Gasteiger partial charge in [0.15, 0.2) is 5.82 Å². The first kappa shape index (κ1) is 16.2. The molecule has 2 aromatic rings. The highest BCUT2D eigenvalue weighted by molar-refractivity contribution is 4.97. The Morgan fingerprint density at radius 1 is 1.52 bits per heavy atom. The highest BCUT2D eigenvalue weighted by Gasteiger charge is 2.26. The van der Waals surface area contributed by atoms with Crippen LogP contribution in [0.2, 0.25) is 0 Å². The van der Waals surface area contributed by atoms with Crippen LogP contribution in [0.5, 0.6) is 0 Å². The van der Waals surface area contributed by atoms with Crippen molar-refractivity contribution in [1.82, 2.24) is 15.0 Å². The first-order valence-corrected chi connectivity index (χ1v) is 8.01. The molecule has 2 unspecified atom stereocenters. The predicted molar refractivity (Wildman–Crippen MR) is 81.8 cm³/mol. The number of aromatic nitrogens is 2. The van der Waals surface area contributed by atoms with Crippen LogP contribution in [0, 0.1) is 6.92 Å². The van der Waals surface area contributed by atoms with Crippen LogP contribution in [0.4, 0.5) is 0 Å². The fourth-order valence-electron chi connectivity index (χ4n) is 2.94. The molecule has 2 atom stereocenters. The number of nitrogens with zero attached hydrogens (tertiary/aromatic N) is 3. The largest absolute Gasteiger partial charge is 0.467 e. The summed E-state index contributed by atoms with van der Waals surface area (Å²) in [5, 5.41) is 14.0. The van der Waals surface area contributed by atoms with E-state index < -0.39 is 6.10 Å². The van der Waals surface area contributed by atoms with E-state index in [1.165, 1.54) is 0 Å². The molecule has 7 heteroatoms. The minimum Gasteiger partial charge on any atom is -0.467 e. The van der Waals surface area contributed by atoms with Crippen molar-refractivity contribution in [3.8, 4) is 0 Å². The van der Waals surface area contributed by atoms with Crippen LogP contribution in [-0.2, 0) is 11.3 Å². The standard InChI is InChI=1S/C16H23N3O4/c1-12-17-16(23-18-12)13-4-2-6-19(8-13)9-14(20)10-21-11-15-5-3-7-22-15/h3,5,7,13-14,20H,2,4,6,8-11H2,1H3. The lowest BCUT2D eigenvalue weighted by Crippen LogP contribution is -2.40. The van der Waals surface area contributed by atoms with Crippen LogP contribution in [0.1, 0.15) is 36.2 Å². The number of piperidine rings is 1. The number of hydrogen-bond acceptors (Lipinski definition) is 7. The lowest BCUT2D eigenvalue weighted by molar-refractivity contribution is 0.000552. The van der Waals surface area contributed by atoms with Crippen molar-refractivity contribution in [2.45, 2.75) is 38.4 Å². The summed E-state index contributed by atoms with van der Waals surface area (Å²) in [5.41, 5.74) is 0. The number of likely N-dealkylation sites (tertiary alicyclic amines) is 1. The average molecular weight is 321 g/mol. The van der Waals surface area contributed by atoms with Gasteiger partial charge in [-0.25, -0.2) is 0 Å². The van der Waals surface area contributed by atoms with E-state index in [1.54, 1.807) is 6.26 Å². The number of β-amino-alcohol motifs (C(OH)–C–C–N with tert-alkyl or cyclic N) is 1. The maximum atomic E-state index is 10.1. The minimum absolute atomic E-state index is 0.251. The molecule has 1 N–H and O–H groups in total. The maximum Gasteiger partial charge on any atom is 0.231 e. The first-order valence-electron chi connectivity index (χ1n) is 8.01. The zero-order valence-corrected chi connectivity index (χ0v) is 13.4. The first-order chi connectivity index (χ1) is 11.2. The molecule has 126 valence electrons. The van der Waals surface area contributed by atoms with E-state index in [1.807, 2.05) is 19.1 Å². The number of aliphatic hydroxyl groups is 1. The summed E-state index contributed by atoms with van der Waals surface area (Å²) in [6, 6.07) is 3.68. The Labute approximate surface area is 135 Å². The van der Waals surface area contributed by atoms with E-state index in [9.17, 15) is 5.11 Å². The molecule has 1 saturated heterocycles. The van der Waals surface area contributed by atoms with Gasteiger partial charge in [0, 0.05) is 13.1 Å². The predicted octanol–water partition coefficient (Wildman–Crippen LogP) is 1.73. The third-order valence-corrected chi connectivity index (χ3v) is 4.00. The fraction of sp³-hybridized carbons (Fsp3) is 0.625. The Bertz CT molecular complexity index is 584. The topological polar surface area (TPSA) is 84.8 Å². The summed E-state index contributed by atoms with van der Waals surface area (Å²) >= 11 is 0. The normalized spacial score (nSPS) is 20.7. The van der Waals surface area contributed by atoms with E-state index in [0.29, 0.717) is 31.5 Å².